The van der Waals surface area contributed by atoms with Crippen molar-refractivity contribution in [1.82, 2.24) is 9.80 Å². The van der Waals surface area contributed by atoms with Gasteiger partial charge < -0.3 is 74.8 Å². The summed E-state index contributed by atoms with van der Waals surface area (Å²) in [5, 5.41) is 49.2. The number of ether oxygens (including phenoxy) is 4. The van der Waals surface area contributed by atoms with Crippen LogP contribution in [-0.2, 0) is 52.8 Å². The Kier molecular flexibility index (Phi) is 97.6. The molecule has 147 heavy (non-hydrogen) atoms. The van der Waals surface area contributed by atoms with E-state index in [1.165, 1.54) is 361 Å². The molecule has 0 saturated heterocycles. The first-order chi connectivity index (χ1) is 70.8. The van der Waals surface area contributed by atoms with Gasteiger partial charge in [0.15, 0.2) is 5.90 Å². The van der Waals surface area contributed by atoms with Crippen molar-refractivity contribution < 1.29 is 97.8 Å². The summed E-state index contributed by atoms with van der Waals surface area (Å²) in [5.41, 5.74) is 18.5. The number of rotatable bonds is 66. The molecular formula is C123H197ClIN5O16Zn. The summed E-state index contributed by atoms with van der Waals surface area (Å²) in [6, 6.07) is 49.7. The Bertz CT molecular complexity index is 4050. The number of nitrogens with two attached hydrogens (primary N) is 1. The van der Waals surface area contributed by atoms with Crippen LogP contribution in [0, 0.1) is 6.57 Å². The molecule has 0 atom stereocenters. The van der Waals surface area contributed by atoms with Crippen molar-refractivity contribution in [2.24, 2.45) is 10.7 Å². The van der Waals surface area contributed by atoms with Crippen molar-refractivity contribution >= 4 is 77.3 Å². The Morgan fingerprint density at radius 1 is 0.374 bits per heavy atom. The van der Waals surface area contributed by atoms with Gasteiger partial charge in [-0.15, -0.1) is 24.0 Å². The Labute approximate surface area is 924 Å². The summed E-state index contributed by atoms with van der Waals surface area (Å²) in [5.74, 6) is -0.480. The van der Waals surface area contributed by atoms with Crippen LogP contribution < -0.4 is 5.73 Å². The molecule has 0 aromatic heterocycles. The average molecular weight is 2230 g/mol. The van der Waals surface area contributed by atoms with E-state index in [0.717, 1.165) is 97.1 Å². The summed E-state index contributed by atoms with van der Waals surface area (Å²) in [6.45, 7) is 28.4. The molecular weight excluding hydrogens is 2030 g/mol. The summed E-state index contributed by atoms with van der Waals surface area (Å²) in [6.07, 6.45) is 68.7. The van der Waals surface area contributed by atoms with Crippen molar-refractivity contribution in [3.8, 4) is 33.4 Å². The third-order valence-corrected chi connectivity index (χ3v) is 26.0. The number of benzene rings is 6. The van der Waals surface area contributed by atoms with Gasteiger partial charge in [0.25, 0.3) is 11.9 Å². The molecule has 10 rings (SSSR count). The molecule has 1 heterocycles. The van der Waals surface area contributed by atoms with Crippen LogP contribution in [0.15, 0.2) is 151 Å². The molecule has 1 aliphatic heterocycles. The Morgan fingerprint density at radius 3 is 0.850 bits per heavy atom. The fraction of sp³-hybridized carbons (Fsp3) is 0.642. The summed E-state index contributed by atoms with van der Waals surface area (Å²) in [4.78, 5) is 76.1. The summed E-state index contributed by atoms with van der Waals surface area (Å²) >= 11 is 5.25. The van der Waals surface area contributed by atoms with Crippen molar-refractivity contribution in [3.05, 3.63) is 190 Å². The number of hydrogen-bond acceptors (Lipinski definition) is 16. The van der Waals surface area contributed by atoms with Gasteiger partial charge in [-0.2, -0.15) is 0 Å². The molecule has 0 unspecified atom stereocenters. The monoisotopic (exact) mass is 2230 g/mol. The van der Waals surface area contributed by atoms with Gasteiger partial charge in [0.05, 0.1) is 26.3 Å². The van der Waals surface area contributed by atoms with E-state index in [1.54, 1.807) is 4.90 Å². The standard InChI is InChI=1S/C27H37NO3.C27H35NO3.C15H11ClO2.2C13H28O.C12H23NO.C10H19N.C2H7NO.2C2H4O2.HI.Zn/c2*1-2-3-4-5-6-7-8-13-18-28(19-20-29)27(30)31-21-26-24-16-11-9-14-22(24)23-15-10-12-17-25(23)26;16-15(17)18-9-14-12-7-3-1-5-10(12)11-6-2-4-8-13(11)14;2*1-2-3-4-5-6-7-8-9-10-11-12-13-14;1-2-3-4-5-6-7-8-9-12-13-10-11-14-12;1-3-4-5-6-7-8-9-10-11-2;3-1-2-4;2*1-2(3)4;;/h9-12,14-17,26,29H,2-8,13,18-21H2,1H3;9-12,14-17,20,26H,2-8,13,18-19,21H2,1H3;1-8,14H,9H2;2*14H,2-13H2,1H3;2-11H2,1H3;3-10H2,1H3;4H,1-3H2;2*1H3,(H,3,4);1H;. The normalized spacial score (nSPS) is 11.6. The number of carbonyl (C=O) groups is 6. The van der Waals surface area contributed by atoms with Crippen molar-refractivity contribution in [2.75, 3.05) is 98.7 Å². The SMILES string of the molecule is CC(=O)O.CC(=O)O.CCCCCCCCCC1=NCCO1.CCCCCCCCCCCCCO.CCCCCCCCCCCCCO.CCCCCCCCCCN(CC=O)C(=O)OCC1c2ccccc2-c2ccccc21.CCCCCCCCCCN(CCO)C(=O)OCC1c2ccccc2-c2ccccc21.I.NCCO.O=C(Cl)OCC1c2ccccc2-c2ccccc21.[C-]#[N+]CCCCCCCCC.[Zn]. The number of carboxylic acids is 2. The van der Waals surface area contributed by atoms with Crippen LogP contribution in [0.1, 0.15) is 447 Å². The second-order valence-electron chi connectivity index (χ2n) is 38.2. The van der Waals surface area contributed by atoms with E-state index in [9.17, 15) is 24.3 Å². The summed E-state index contributed by atoms with van der Waals surface area (Å²) in [7, 11) is 0. The van der Waals surface area contributed by atoms with Gasteiger partial charge in [-0.3, -0.25) is 14.6 Å². The molecule has 6 aromatic carbocycles. The predicted molar refractivity (Wildman–Crippen MR) is 618 cm³/mol. The molecule has 4 aliphatic rings. The average Bonchev–Trinajstić information content (AvgIpc) is 1.63. The maximum Gasteiger partial charge on any atom is 0.410 e. The maximum absolute atomic E-state index is 12.7. The number of aliphatic imine (C=N–C) groups is 1. The number of carbonyl (C=O) groups excluding carboxylic acids is 4. The molecule has 24 heteroatoms. The third-order valence-electron chi connectivity index (χ3n) is 25.9. The second-order valence-corrected chi connectivity index (χ2v) is 38.5. The van der Waals surface area contributed by atoms with Crippen LogP contribution in [0.5, 0.6) is 0 Å². The molecule has 8 N–H and O–H groups in total. The molecule has 2 amide bonds. The number of unbranched alkanes of at least 4 members (excludes halogenated alkanes) is 46. The Balaban J connectivity index is 0. The number of aliphatic carboxylic acids is 2. The van der Waals surface area contributed by atoms with Gasteiger partial charge in [-0.25, -0.2) is 21.0 Å². The summed E-state index contributed by atoms with van der Waals surface area (Å²) < 4.78 is 21.8. The van der Waals surface area contributed by atoms with E-state index in [0.29, 0.717) is 52.6 Å². The van der Waals surface area contributed by atoms with E-state index in [2.05, 4.69) is 136 Å². The van der Waals surface area contributed by atoms with Crippen LogP contribution in [0.3, 0.4) is 0 Å². The number of aliphatic hydroxyl groups excluding tert-OH is 4. The number of aliphatic hydroxyl groups is 4. The van der Waals surface area contributed by atoms with E-state index in [4.69, 9.17) is 78.0 Å². The van der Waals surface area contributed by atoms with Crippen molar-refractivity contribution in [2.45, 2.75) is 413 Å². The number of carboxylic acid groups (broad SMARTS) is 2. The number of amides is 2. The van der Waals surface area contributed by atoms with Gasteiger partial charge in [0.2, 0.25) is 6.54 Å². The fourth-order valence-corrected chi connectivity index (χ4v) is 18.1. The zero-order chi connectivity index (χ0) is 106. The molecule has 826 valence electrons. The smallest absolute Gasteiger partial charge is 0.410 e. The van der Waals surface area contributed by atoms with Gasteiger partial charge in [0.1, 0.15) is 32.7 Å². The molecule has 0 bridgehead atoms. The number of nitrogens with zero attached hydrogens (tertiary/aromatic N) is 4. The van der Waals surface area contributed by atoms with Crippen molar-refractivity contribution in [1.29, 1.82) is 0 Å². The Hall–Kier alpha value is -7.66. The molecule has 6 aromatic rings. The van der Waals surface area contributed by atoms with Crippen LogP contribution in [-0.4, -0.2) is 181 Å². The number of aldehydes is 1. The van der Waals surface area contributed by atoms with Crippen LogP contribution in [0.2, 0.25) is 0 Å². The number of hydrogen-bond donors (Lipinski definition) is 7. The number of fused-ring (bicyclic) bond motifs is 9. The van der Waals surface area contributed by atoms with Crippen LogP contribution in [0.4, 0.5) is 14.4 Å². The first kappa shape index (κ1) is 141. The Morgan fingerprint density at radius 2 is 0.612 bits per heavy atom. The van der Waals surface area contributed by atoms with Gasteiger partial charge in [-0.05, 0) is 105 Å². The first-order valence-corrected chi connectivity index (χ1v) is 56.9. The minimum Gasteiger partial charge on any atom is -0.481 e. The van der Waals surface area contributed by atoms with E-state index >= 15 is 0 Å². The molecule has 3 aliphatic carbocycles. The molecule has 21 nitrogen and oxygen atoms in total. The van der Waals surface area contributed by atoms with Gasteiger partial charge in [0, 0.05) is 115 Å². The van der Waals surface area contributed by atoms with Crippen LogP contribution >= 0.6 is 35.6 Å². The largest absolute Gasteiger partial charge is 0.481 e. The number of halogens is 2. The molecule has 0 spiro atoms. The zero-order valence-electron chi connectivity index (χ0n) is 92.4. The molecule has 0 radical (unpaired) electrons. The minimum absolute atomic E-state index is 0. The van der Waals surface area contributed by atoms with E-state index in [1.807, 2.05) is 60.7 Å². The molecule has 0 fully saturated rings. The second kappa shape index (κ2) is 102. The predicted octanol–water partition coefficient (Wildman–Crippen LogP) is 32.6. The van der Waals surface area contributed by atoms with Gasteiger partial charge in [-0.1, -0.05) is 476 Å². The van der Waals surface area contributed by atoms with Crippen molar-refractivity contribution in [3.63, 3.8) is 0 Å². The maximum atomic E-state index is 12.7. The first-order valence-electron chi connectivity index (χ1n) is 56.5. The molecule has 0 saturated carbocycles. The van der Waals surface area contributed by atoms with E-state index in [-0.39, 0.29) is 93.7 Å². The minimum atomic E-state index is -0.833. The topological polar surface area (TPSA) is 310 Å². The quantitative estimate of drug-likeness (QED) is 0.00355. The zero-order valence-corrected chi connectivity index (χ0v) is 98.4. The fourth-order valence-electron chi connectivity index (χ4n) is 18.1. The van der Waals surface area contributed by atoms with E-state index < -0.39 is 23.5 Å². The van der Waals surface area contributed by atoms with Crippen LogP contribution in [0.25, 0.3) is 38.2 Å². The van der Waals surface area contributed by atoms with Gasteiger partial charge >= 0.3 is 17.6 Å². The third kappa shape index (κ3) is 71.0.